The van der Waals surface area contributed by atoms with Crippen molar-refractivity contribution < 1.29 is 24.2 Å². The highest BCUT2D eigenvalue weighted by Gasteiger charge is 2.39. The molecule has 34 heavy (non-hydrogen) atoms. The lowest BCUT2D eigenvalue weighted by Gasteiger charge is -2.33. The van der Waals surface area contributed by atoms with E-state index in [1.807, 2.05) is 24.1 Å². The molecule has 0 saturated carbocycles. The van der Waals surface area contributed by atoms with Gasteiger partial charge in [-0.1, -0.05) is 23.7 Å². The summed E-state index contributed by atoms with van der Waals surface area (Å²) in [5.41, 5.74) is 2.01. The molecular formula is C24H29ClN4O5. The summed E-state index contributed by atoms with van der Waals surface area (Å²) in [5, 5.41) is 12.8. The summed E-state index contributed by atoms with van der Waals surface area (Å²) in [4.78, 5) is 32.6. The molecule has 1 aromatic carbocycles. The molecule has 2 aliphatic heterocycles. The van der Waals surface area contributed by atoms with E-state index in [1.165, 1.54) is 0 Å². The monoisotopic (exact) mass is 488 g/mol. The molecule has 0 bridgehead atoms. The highest BCUT2D eigenvalue weighted by atomic mass is 35.5. The summed E-state index contributed by atoms with van der Waals surface area (Å²) in [6, 6.07) is 8.94. The van der Waals surface area contributed by atoms with Crippen LogP contribution in [0.2, 0.25) is 5.02 Å². The smallest absolute Gasteiger partial charge is 0.410 e. The van der Waals surface area contributed by atoms with Gasteiger partial charge < -0.3 is 24.8 Å². The summed E-state index contributed by atoms with van der Waals surface area (Å²) >= 11 is 5.92. The van der Waals surface area contributed by atoms with Crippen molar-refractivity contribution in [2.45, 2.75) is 38.1 Å². The van der Waals surface area contributed by atoms with E-state index in [9.17, 15) is 14.7 Å². The number of nitrogens with zero attached hydrogens (tertiary/aromatic N) is 3. The number of aliphatic hydroxyl groups excluding tert-OH is 1. The quantitative estimate of drug-likeness (QED) is 0.558. The molecule has 2 saturated heterocycles. The van der Waals surface area contributed by atoms with Crippen molar-refractivity contribution in [1.82, 2.24) is 20.1 Å². The molecule has 2 N–H and O–H groups in total. The number of fused-ring (bicyclic) bond motifs is 1. The van der Waals surface area contributed by atoms with Gasteiger partial charge in [-0.15, -0.1) is 0 Å². The number of aromatic nitrogens is 1. The zero-order valence-corrected chi connectivity index (χ0v) is 19.8. The van der Waals surface area contributed by atoms with E-state index in [-0.39, 0.29) is 36.4 Å². The third kappa shape index (κ3) is 5.97. The van der Waals surface area contributed by atoms with Gasteiger partial charge in [0.25, 0.3) is 5.91 Å². The Kier molecular flexibility index (Phi) is 7.87. The zero-order valence-electron chi connectivity index (χ0n) is 19.1. The molecular weight excluding hydrogens is 460 g/mol. The van der Waals surface area contributed by atoms with Crippen LogP contribution in [0.25, 0.3) is 0 Å². The highest BCUT2D eigenvalue weighted by Crippen LogP contribution is 2.29. The van der Waals surface area contributed by atoms with Crippen molar-refractivity contribution in [3.63, 3.8) is 0 Å². The number of hydrogen-bond donors (Lipinski definition) is 2. The fraction of sp³-hybridized carbons (Fsp3) is 0.458. The number of carbonyl (C=O) groups excluding carboxylic acids is 2. The lowest BCUT2D eigenvalue weighted by Crippen LogP contribution is -2.44. The van der Waals surface area contributed by atoms with Crippen LogP contribution in [-0.4, -0.2) is 77.4 Å². The average Bonchev–Trinajstić information content (AvgIpc) is 3.19. The SMILES string of the molecule is CN(CCO)Cc1cnc(C(=O)NCc2ccc(Cl)cc2)cc1O[C@H]1CCN2C(=O)OC[C@@H]2C1. The Morgan fingerprint density at radius 2 is 2.18 bits per heavy atom. The fourth-order valence-corrected chi connectivity index (χ4v) is 4.31. The summed E-state index contributed by atoms with van der Waals surface area (Å²) in [6.45, 7) is 2.36. The number of aliphatic hydroxyl groups is 1. The maximum absolute atomic E-state index is 12.8. The minimum atomic E-state index is -0.306. The van der Waals surface area contributed by atoms with Crippen LogP contribution < -0.4 is 10.1 Å². The topological polar surface area (TPSA) is 104 Å². The number of amides is 2. The van der Waals surface area contributed by atoms with Crippen LogP contribution in [0.15, 0.2) is 36.5 Å². The number of likely N-dealkylation sites (N-methyl/N-ethyl adjacent to an activating group) is 1. The van der Waals surface area contributed by atoms with Crippen LogP contribution >= 0.6 is 11.6 Å². The Morgan fingerprint density at radius 1 is 1.38 bits per heavy atom. The van der Waals surface area contributed by atoms with Crippen LogP contribution in [-0.2, 0) is 17.8 Å². The molecule has 2 aromatic rings. The molecule has 0 radical (unpaired) electrons. The Morgan fingerprint density at radius 3 is 2.94 bits per heavy atom. The molecule has 2 amide bonds. The summed E-state index contributed by atoms with van der Waals surface area (Å²) in [6.07, 6.45) is 2.62. The first kappa shape index (κ1) is 24.3. The molecule has 1 aromatic heterocycles. The van der Waals surface area contributed by atoms with Crippen molar-refractivity contribution in [1.29, 1.82) is 0 Å². The molecule has 9 nitrogen and oxygen atoms in total. The van der Waals surface area contributed by atoms with E-state index in [1.54, 1.807) is 29.3 Å². The van der Waals surface area contributed by atoms with Crippen LogP contribution in [0.5, 0.6) is 5.75 Å². The predicted octanol–water partition coefficient (Wildman–Crippen LogP) is 2.45. The summed E-state index contributed by atoms with van der Waals surface area (Å²) < 4.78 is 11.5. The van der Waals surface area contributed by atoms with Crippen molar-refractivity contribution in [3.05, 3.63) is 58.4 Å². The third-order valence-electron chi connectivity index (χ3n) is 6.06. The molecule has 0 spiro atoms. The largest absolute Gasteiger partial charge is 0.490 e. The fourth-order valence-electron chi connectivity index (χ4n) is 4.18. The van der Waals surface area contributed by atoms with Gasteiger partial charge in [-0.3, -0.25) is 14.7 Å². The summed E-state index contributed by atoms with van der Waals surface area (Å²) in [7, 11) is 1.90. The van der Waals surface area contributed by atoms with Crippen molar-refractivity contribution in [3.8, 4) is 5.75 Å². The molecule has 10 heteroatoms. The van der Waals surface area contributed by atoms with Crippen LogP contribution in [0, 0.1) is 0 Å². The minimum Gasteiger partial charge on any atom is -0.490 e. The van der Waals surface area contributed by atoms with Gasteiger partial charge in [-0.05, 0) is 24.7 Å². The number of benzene rings is 1. The Bertz CT molecular complexity index is 1020. The Labute approximate surface area is 203 Å². The number of nitrogens with one attached hydrogen (secondary N) is 1. The molecule has 2 atom stereocenters. The molecule has 4 rings (SSSR count). The lowest BCUT2D eigenvalue weighted by molar-refractivity contribution is 0.0901. The average molecular weight is 489 g/mol. The zero-order chi connectivity index (χ0) is 24.1. The minimum absolute atomic E-state index is 0.00995. The Hall–Kier alpha value is -2.88. The van der Waals surface area contributed by atoms with Crippen molar-refractivity contribution >= 4 is 23.6 Å². The van der Waals surface area contributed by atoms with Gasteiger partial charge in [-0.2, -0.15) is 0 Å². The van der Waals surface area contributed by atoms with Crippen molar-refractivity contribution in [2.75, 3.05) is 33.4 Å². The van der Waals surface area contributed by atoms with E-state index in [2.05, 4.69) is 10.3 Å². The first-order chi connectivity index (χ1) is 16.4. The summed E-state index contributed by atoms with van der Waals surface area (Å²) in [5.74, 6) is 0.278. The lowest BCUT2D eigenvalue weighted by atomic mass is 10.0. The number of ether oxygens (including phenoxy) is 2. The van der Waals surface area contributed by atoms with Gasteiger partial charge in [-0.25, -0.2) is 4.79 Å². The van der Waals surface area contributed by atoms with Gasteiger partial charge in [0.05, 0.1) is 12.6 Å². The van der Waals surface area contributed by atoms with Crippen LogP contribution in [0.1, 0.15) is 34.5 Å². The second kappa shape index (κ2) is 11.0. The first-order valence-electron chi connectivity index (χ1n) is 11.3. The second-order valence-corrected chi connectivity index (χ2v) is 9.07. The van der Waals surface area contributed by atoms with E-state index < -0.39 is 0 Å². The van der Waals surface area contributed by atoms with Gasteiger partial charge in [0, 0.05) is 61.9 Å². The number of cyclic esters (lactones) is 1. The van der Waals surface area contributed by atoms with Gasteiger partial charge >= 0.3 is 6.09 Å². The van der Waals surface area contributed by atoms with Crippen molar-refractivity contribution in [2.24, 2.45) is 0 Å². The van der Waals surface area contributed by atoms with E-state index in [4.69, 9.17) is 21.1 Å². The molecule has 0 unspecified atom stereocenters. The number of carbonyl (C=O) groups is 2. The number of rotatable bonds is 9. The van der Waals surface area contributed by atoms with Crippen LogP contribution in [0.3, 0.4) is 0 Å². The molecule has 3 heterocycles. The maximum Gasteiger partial charge on any atom is 0.410 e. The van der Waals surface area contributed by atoms with E-state index >= 15 is 0 Å². The molecule has 2 aliphatic rings. The van der Waals surface area contributed by atoms with E-state index in [0.717, 1.165) is 11.1 Å². The molecule has 182 valence electrons. The highest BCUT2D eigenvalue weighted by molar-refractivity contribution is 6.30. The van der Waals surface area contributed by atoms with Crippen LogP contribution in [0.4, 0.5) is 4.79 Å². The number of pyridine rings is 1. The molecule has 0 aliphatic carbocycles. The van der Waals surface area contributed by atoms with Gasteiger partial charge in [0.15, 0.2) is 0 Å². The number of halogens is 1. The number of hydrogen-bond acceptors (Lipinski definition) is 7. The number of piperidine rings is 1. The van der Waals surface area contributed by atoms with Gasteiger partial charge in [0.1, 0.15) is 24.2 Å². The second-order valence-electron chi connectivity index (χ2n) is 8.64. The third-order valence-corrected chi connectivity index (χ3v) is 6.31. The van der Waals surface area contributed by atoms with E-state index in [0.29, 0.717) is 56.4 Å². The molecule has 2 fully saturated rings. The normalized spacial score (nSPS) is 19.6. The predicted molar refractivity (Wildman–Crippen MR) is 126 cm³/mol. The standard InChI is InChI=1S/C24H29ClN4O5/c1-28(8-9-30)14-17-13-26-21(23(31)27-12-16-2-4-18(25)5-3-16)11-22(17)34-20-6-7-29-19(10-20)15-33-24(29)32/h2-5,11,13,19-20,30H,6-10,12,14-15H2,1H3,(H,27,31)/t19-,20-/m0/s1. The van der Waals surface area contributed by atoms with Gasteiger partial charge in [0.2, 0.25) is 0 Å². The maximum atomic E-state index is 12.8. The Balaban J connectivity index is 1.47. The first-order valence-corrected chi connectivity index (χ1v) is 11.7.